The van der Waals surface area contributed by atoms with Gasteiger partial charge in [0.2, 0.25) is 0 Å². The molecule has 2 heterocycles. The Morgan fingerprint density at radius 3 is 2.68 bits per heavy atom. The van der Waals surface area contributed by atoms with Crippen molar-refractivity contribution in [1.82, 2.24) is 15.3 Å². The van der Waals surface area contributed by atoms with Crippen molar-refractivity contribution in [2.45, 2.75) is 12.1 Å². The van der Waals surface area contributed by atoms with Crippen molar-refractivity contribution in [2.24, 2.45) is 0 Å². The highest BCUT2D eigenvalue weighted by molar-refractivity contribution is 5.71. The summed E-state index contributed by atoms with van der Waals surface area (Å²) in [6.45, 7) is 0. The molecule has 0 spiro atoms. The molecule has 0 unspecified atom stereocenters. The van der Waals surface area contributed by atoms with Crippen molar-refractivity contribution >= 4 is 6.09 Å². The highest BCUT2D eigenvalue weighted by atomic mass is 19.1. The van der Waals surface area contributed by atoms with Crippen LogP contribution in [0, 0.1) is 5.82 Å². The van der Waals surface area contributed by atoms with E-state index >= 15 is 0 Å². The molecule has 3 aromatic rings. The van der Waals surface area contributed by atoms with Gasteiger partial charge in [0, 0.05) is 11.8 Å². The van der Waals surface area contributed by atoms with Crippen LogP contribution in [0.1, 0.15) is 23.5 Å². The Kier molecular flexibility index (Phi) is 3.85. The lowest BCUT2D eigenvalue weighted by molar-refractivity contribution is 0.131. The quantitative estimate of drug-likeness (QED) is 0.790. The van der Waals surface area contributed by atoms with E-state index in [1.807, 2.05) is 30.3 Å². The van der Waals surface area contributed by atoms with E-state index < -0.39 is 24.1 Å². The number of alkyl carbamates (subject to hydrolysis) is 1. The zero-order valence-corrected chi connectivity index (χ0v) is 13.1. The number of hydrogen-bond donors (Lipinski definition) is 1. The van der Waals surface area contributed by atoms with Crippen molar-refractivity contribution in [2.75, 3.05) is 0 Å². The number of amides is 1. The molecule has 0 aliphatic carbocycles. The summed E-state index contributed by atoms with van der Waals surface area (Å²) in [6, 6.07) is 16.9. The molecule has 1 amide bonds. The third-order valence-electron chi connectivity index (χ3n) is 4.01. The zero-order valence-electron chi connectivity index (χ0n) is 13.1. The molecule has 1 aromatic heterocycles. The molecule has 4 rings (SSSR count). The molecule has 1 N–H and O–H groups in total. The van der Waals surface area contributed by atoms with Crippen LogP contribution in [0.25, 0.3) is 11.3 Å². The standard InChI is InChI=1S/C19H14FN3O2/c20-14-8-4-7-13(11-14)17-16(23-19(24)25-17)18-21-10-9-15(22-18)12-5-2-1-3-6-12/h1-11,16-17H,(H,23,24)/t16-,17+/m1/s1. The maximum absolute atomic E-state index is 13.5. The first-order chi connectivity index (χ1) is 12.2. The molecule has 124 valence electrons. The van der Waals surface area contributed by atoms with Crippen molar-refractivity contribution < 1.29 is 13.9 Å². The van der Waals surface area contributed by atoms with Crippen LogP contribution in [0.2, 0.25) is 0 Å². The number of carbonyl (C=O) groups excluding carboxylic acids is 1. The number of nitrogens with zero attached hydrogens (tertiary/aromatic N) is 2. The van der Waals surface area contributed by atoms with E-state index in [9.17, 15) is 9.18 Å². The Morgan fingerprint density at radius 1 is 1.04 bits per heavy atom. The molecule has 1 fully saturated rings. The molecule has 0 saturated carbocycles. The van der Waals surface area contributed by atoms with Crippen molar-refractivity contribution in [3.63, 3.8) is 0 Å². The fraction of sp³-hybridized carbons (Fsp3) is 0.105. The first-order valence-corrected chi connectivity index (χ1v) is 7.82. The van der Waals surface area contributed by atoms with Crippen LogP contribution >= 0.6 is 0 Å². The fourth-order valence-electron chi connectivity index (χ4n) is 2.86. The van der Waals surface area contributed by atoms with Crippen molar-refractivity contribution in [3.05, 3.63) is 84.1 Å². The van der Waals surface area contributed by atoms with Gasteiger partial charge in [-0.05, 0) is 23.8 Å². The molecule has 1 saturated heterocycles. The van der Waals surface area contributed by atoms with Gasteiger partial charge in [0.15, 0.2) is 11.9 Å². The van der Waals surface area contributed by atoms with Crippen LogP contribution < -0.4 is 5.32 Å². The Bertz CT molecular complexity index is 917. The summed E-state index contributed by atoms with van der Waals surface area (Å²) in [5, 5.41) is 2.71. The van der Waals surface area contributed by atoms with Crippen LogP contribution in [-0.2, 0) is 4.74 Å². The summed E-state index contributed by atoms with van der Waals surface area (Å²) >= 11 is 0. The van der Waals surface area contributed by atoms with E-state index in [1.54, 1.807) is 24.4 Å². The molecular weight excluding hydrogens is 321 g/mol. The third-order valence-corrected chi connectivity index (χ3v) is 4.01. The lowest BCUT2D eigenvalue weighted by atomic mass is 10.0. The van der Waals surface area contributed by atoms with Gasteiger partial charge in [-0.3, -0.25) is 0 Å². The first kappa shape index (κ1) is 15.3. The molecule has 2 aromatic carbocycles. The molecule has 5 nitrogen and oxygen atoms in total. The number of halogens is 1. The Labute approximate surface area is 143 Å². The van der Waals surface area contributed by atoms with Gasteiger partial charge >= 0.3 is 6.09 Å². The Balaban J connectivity index is 1.71. The number of benzene rings is 2. The number of hydrogen-bond acceptors (Lipinski definition) is 4. The predicted molar refractivity (Wildman–Crippen MR) is 89.0 cm³/mol. The van der Waals surface area contributed by atoms with Crippen LogP contribution in [0.15, 0.2) is 66.9 Å². The molecule has 25 heavy (non-hydrogen) atoms. The smallest absolute Gasteiger partial charge is 0.408 e. The number of carbonyl (C=O) groups is 1. The molecule has 0 radical (unpaired) electrons. The maximum Gasteiger partial charge on any atom is 0.408 e. The van der Waals surface area contributed by atoms with Crippen LogP contribution in [0.3, 0.4) is 0 Å². The summed E-state index contributed by atoms with van der Waals surface area (Å²) in [5.74, 6) is 0.0274. The number of nitrogens with one attached hydrogen (secondary N) is 1. The lowest BCUT2D eigenvalue weighted by Gasteiger charge is -2.16. The Morgan fingerprint density at radius 2 is 1.88 bits per heavy atom. The van der Waals surface area contributed by atoms with Gasteiger partial charge in [0.1, 0.15) is 11.9 Å². The average molecular weight is 335 g/mol. The van der Waals surface area contributed by atoms with E-state index in [4.69, 9.17) is 4.74 Å². The minimum atomic E-state index is -0.686. The van der Waals surface area contributed by atoms with Crippen LogP contribution in [0.4, 0.5) is 9.18 Å². The van der Waals surface area contributed by atoms with Crippen LogP contribution in [-0.4, -0.2) is 16.1 Å². The van der Waals surface area contributed by atoms with Crippen molar-refractivity contribution in [3.8, 4) is 11.3 Å². The molecule has 0 bridgehead atoms. The first-order valence-electron chi connectivity index (χ1n) is 7.82. The van der Waals surface area contributed by atoms with Gasteiger partial charge in [-0.25, -0.2) is 19.2 Å². The van der Waals surface area contributed by atoms with E-state index in [2.05, 4.69) is 15.3 Å². The minimum absolute atomic E-state index is 0.391. The average Bonchev–Trinajstić information content (AvgIpc) is 3.04. The molecule has 6 heteroatoms. The van der Waals surface area contributed by atoms with Gasteiger partial charge < -0.3 is 10.1 Å². The van der Waals surface area contributed by atoms with E-state index in [0.29, 0.717) is 11.4 Å². The van der Waals surface area contributed by atoms with E-state index in [-0.39, 0.29) is 0 Å². The topological polar surface area (TPSA) is 64.1 Å². The number of cyclic esters (lactones) is 1. The molecular formula is C19H14FN3O2. The summed E-state index contributed by atoms with van der Waals surface area (Å²) < 4.78 is 18.9. The molecule has 1 aliphatic heterocycles. The van der Waals surface area contributed by atoms with Gasteiger partial charge in [0.05, 0.1) is 5.69 Å². The van der Waals surface area contributed by atoms with Gasteiger partial charge in [-0.1, -0.05) is 42.5 Å². The Hall–Kier alpha value is -3.28. The largest absolute Gasteiger partial charge is 0.439 e. The summed E-state index contributed by atoms with van der Waals surface area (Å²) in [6.07, 6.45) is 0.375. The maximum atomic E-state index is 13.5. The summed E-state index contributed by atoms with van der Waals surface area (Å²) in [5.41, 5.74) is 2.24. The predicted octanol–water partition coefficient (Wildman–Crippen LogP) is 3.80. The molecule has 2 atom stereocenters. The normalized spacial score (nSPS) is 19.3. The van der Waals surface area contributed by atoms with Gasteiger partial charge in [-0.15, -0.1) is 0 Å². The van der Waals surface area contributed by atoms with E-state index in [1.165, 1.54) is 12.1 Å². The lowest BCUT2D eigenvalue weighted by Crippen LogP contribution is -2.22. The monoisotopic (exact) mass is 335 g/mol. The SMILES string of the molecule is O=C1N[C@@H](c2nccc(-c3ccccc3)n2)[C@H](c2cccc(F)c2)O1. The highest BCUT2D eigenvalue weighted by Crippen LogP contribution is 2.35. The van der Waals surface area contributed by atoms with E-state index in [0.717, 1.165) is 11.3 Å². The zero-order chi connectivity index (χ0) is 17.2. The molecule has 1 aliphatic rings. The number of aromatic nitrogens is 2. The number of ether oxygens (including phenoxy) is 1. The van der Waals surface area contributed by atoms with Gasteiger partial charge in [-0.2, -0.15) is 0 Å². The second-order valence-corrected chi connectivity index (χ2v) is 5.67. The number of rotatable bonds is 3. The second-order valence-electron chi connectivity index (χ2n) is 5.67. The van der Waals surface area contributed by atoms with Gasteiger partial charge in [0.25, 0.3) is 0 Å². The minimum Gasteiger partial charge on any atom is -0.439 e. The second kappa shape index (κ2) is 6.32. The van der Waals surface area contributed by atoms with Crippen molar-refractivity contribution in [1.29, 1.82) is 0 Å². The van der Waals surface area contributed by atoms with Crippen LogP contribution in [0.5, 0.6) is 0 Å². The summed E-state index contributed by atoms with van der Waals surface area (Å²) in [4.78, 5) is 20.6. The third kappa shape index (κ3) is 3.06. The summed E-state index contributed by atoms with van der Waals surface area (Å²) in [7, 11) is 0. The fourth-order valence-corrected chi connectivity index (χ4v) is 2.86. The highest BCUT2D eigenvalue weighted by Gasteiger charge is 2.38.